The first-order valence-corrected chi connectivity index (χ1v) is 11.4. The van der Waals surface area contributed by atoms with Crippen molar-refractivity contribution in [2.75, 3.05) is 5.01 Å². The van der Waals surface area contributed by atoms with Gasteiger partial charge in [-0.2, -0.15) is 10.1 Å². The fourth-order valence-electron chi connectivity index (χ4n) is 3.07. The fourth-order valence-corrected chi connectivity index (χ4v) is 4.10. The van der Waals surface area contributed by atoms with Gasteiger partial charge in [-0.05, 0) is 44.2 Å². The molecule has 2 N–H and O–H groups in total. The van der Waals surface area contributed by atoms with Gasteiger partial charge in [-0.3, -0.25) is 14.4 Å². The summed E-state index contributed by atoms with van der Waals surface area (Å²) in [6.45, 7) is 8.08. The first kappa shape index (κ1) is 26.6. The van der Waals surface area contributed by atoms with Gasteiger partial charge in [0.1, 0.15) is 0 Å². The summed E-state index contributed by atoms with van der Waals surface area (Å²) in [5, 5.41) is 7.31. The zero-order chi connectivity index (χ0) is 25.8. The Kier molecular flexibility index (Phi) is 7.88. The largest absolute Gasteiger partial charge is 0.325 e. The van der Waals surface area contributed by atoms with Gasteiger partial charge >= 0.3 is 0 Å². The zero-order valence-electron chi connectivity index (χ0n) is 18.9. The number of allylic oxidation sites excluding steroid dienone is 4. The van der Waals surface area contributed by atoms with E-state index in [0.29, 0.717) is 6.92 Å². The van der Waals surface area contributed by atoms with Crippen molar-refractivity contribution in [3.63, 3.8) is 0 Å². The number of hydrogen-bond acceptors (Lipinski definition) is 6. The van der Waals surface area contributed by atoms with E-state index in [4.69, 9.17) is 0 Å². The maximum absolute atomic E-state index is 13.7. The number of rotatable bonds is 8. The molecule has 9 nitrogen and oxygen atoms in total. The SMILES string of the molecule is C=C/C(=C\C(=C/C)C(C)(F)F)NC(=O)C1C(=O)N(c2cccc(S(=O)(=O)NC(C)=O)c2)N=C1C. The third kappa shape index (κ3) is 6.01. The number of hydrogen-bond donors (Lipinski definition) is 2. The Bertz CT molecular complexity index is 1230. The highest BCUT2D eigenvalue weighted by Gasteiger charge is 2.40. The predicted octanol–water partition coefficient (Wildman–Crippen LogP) is 2.64. The number of carbonyl (C=O) groups is 3. The minimum atomic E-state index is -4.17. The van der Waals surface area contributed by atoms with Crippen molar-refractivity contribution in [2.24, 2.45) is 11.0 Å². The van der Waals surface area contributed by atoms with Crippen LogP contribution in [0, 0.1) is 5.92 Å². The summed E-state index contributed by atoms with van der Waals surface area (Å²) in [7, 11) is -4.17. The fraction of sp³-hybridized carbons (Fsp3) is 0.273. The molecule has 0 bridgehead atoms. The van der Waals surface area contributed by atoms with Gasteiger partial charge in [0, 0.05) is 25.1 Å². The number of anilines is 1. The lowest BCUT2D eigenvalue weighted by Gasteiger charge is -2.16. The van der Waals surface area contributed by atoms with Crippen LogP contribution in [-0.4, -0.2) is 37.8 Å². The molecule has 0 aromatic heterocycles. The van der Waals surface area contributed by atoms with E-state index in [1.54, 1.807) is 0 Å². The normalized spacial score (nSPS) is 17.4. The Morgan fingerprint density at radius 1 is 1.29 bits per heavy atom. The molecule has 1 aliphatic heterocycles. The number of amides is 3. The summed E-state index contributed by atoms with van der Waals surface area (Å²) < 4.78 is 53.7. The molecule has 1 heterocycles. The second-order valence-electron chi connectivity index (χ2n) is 7.41. The lowest BCUT2D eigenvalue weighted by Crippen LogP contribution is -2.39. The Labute approximate surface area is 195 Å². The Morgan fingerprint density at radius 2 is 1.94 bits per heavy atom. The molecule has 1 aromatic carbocycles. The van der Waals surface area contributed by atoms with Crippen LogP contribution < -0.4 is 15.0 Å². The number of sulfonamides is 1. The molecular formula is C22H24F2N4O5S. The predicted molar refractivity (Wildman–Crippen MR) is 122 cm³/mol. The van der Waals surface area contributed by atoms with E-state index in [2.05, 4.69) is 17.0 Å². The van der Waals surface area contributed by atoms with E-state index in [-0.39, 0.29) is 27.6 Å². The quantitative estimate of drug-likeness (QED) is 0.425. The van der Waals surface area contributed by atoms with Gasteiger partial charge in [0.2, 0.25) is 11.8 Å². The summed E-state index contributed by atoms with van der Waals surface area (Å²) in [6, 6.07) is 5.09. The van der Waals surface area contributed by atoms with Crippen LogP contribution in [0.3, 0.4) is 0 Å². The number of nitrogens with zero attached hydrogens (tertiary/aromatic N) is 2. The second-order valence-corrected chi connectivity index (χ2v) is 9.09. The highest BCUT2D eigenvalue weighted by Crippen LogP contribution is 2.27. The number of alkyl halides is 2. The molecule has 0 saturated heterocycles. The molecular weight excluding hydrogens is 470 g/mol. The van der Waals surface area contributed by atoms with Gasteiger partial charge in [0.15, 0.2) is 5.92 Å². The van der Waals surface area contributed by atoms with E-state index in [0.717, 1.165) is 30.2 Å². The molecule has 1 aliphatic rings. The standard InChI is InChI=1S/C22H24F2N4O5S/c1-6-15(22(5,23)24)11-16(7-2)25-20(30)19-13(3)26-28(21(19)31)17-9-8-10-18(12-17)34(32,33)27-14(4)29/h6-12,19H,2H2,1,3-5H3,(H,25,30)(H,27,29)/b15-6+,16-11+. The highest BCUT2D eigenvalue weighted by molar-refractivity contribution is 7.90. The summed E-state index contributed by atoms with van der Waals surface area (Å²) in [6.07, 6.45) is 3.39. The minimum absolute atomic E-state index is 0.0397. The van der Waals surface area contributed by atoms with Gasteiger partial charge in [-0.25, -0.2) is 21.9 Å². The van der Waals surface area contributed by atoms with Crippen molar-refractivity contribution >= 4 is 39.1 Å². The molecule has 0 saturated carbocycles. The minimum Gasteiger partial charge on any atom is -0.325 e. The summed E-state index contributed by atoms with van der Waals surface area (Å²) in [4.78, 5) is 36.6. The van der Waals surface area contributed by atoms with E-state index in [1.807, 2.05) is 4.72 Å². The van der Waals surface area contributed by atoms with Crippen molar-refractivity contribution in [3.8, 4) is 0 Å². The van der Waals surface area contributed by atoms with Crippen molar-refractivity contribution in [1.29, 1.82) is 0 Å². The second kappa shape index (κ2) is 10.1. The zero-order valence-corrected chi connectivity index (χ0v) is 19.7. The van der Waals surface area contributed by atoms with Crippen molar-refractivity contribution in [3.05, 3.63) is 60.3 Å². The summed E-state index contributed by atoms with van der Waals surface area (Å²) >= 11 is 0. The lowest BCUT2D eigenvalue weighted by molar-refractivity contribution is -0.129. The molecule has 1 atom stereocenters. The highest BCUT2D eigenvalue weighted by atomic mass is 32.2. The number of carbonyl (C=O) groups excluding carboxylic acids is 3. The van der Waals surface area contributed by atoms with Gasteiger partial charge < -0.3 is 5.32 Å². The maximum atomic E-state index is 13.7. The molecule has 0 aliphatic carbocycles. The maximum Gasteiger partial charge on any atom is 0.270 e. The van der Waals surface area contributed by atoms with Crippen LogP contribution in [0.15, 0.2) is 70.3 Å². The number of nitrogens with one attached hydrogen (secondary N) is 2. The molecule has 0 fully saturated rings. The first-order chi connectivity index (χ1) is 15.7. The van der Waals surface area contributed by atoms with Crippen molar-refractivity contribution in [2.45, 2.75) is 38.5 Å². The van der Waals surface area contributed by atoms with Crippen molar-refractivity contribution < 1.29 is 31.6 Å². The van der Waals surface area contributed by atoms with Crippen molar-refractivity contribution in [1.82, 2.24) is 10.0 Å². The van der Waals surface area contributed by atoms with Gasteiger partial charge in [-0.1, -0.05) is 18.7 Å². The Morgan fingerprint density at radius 3 is 2.47 bits per heavy atom. The molecule has 182 valence electrons. The van der Waals surface area contributed by atoms with Gasteiger partial charge in [0.25, 0.3) is 21.9 Å². The Hall–Kier alpha value is -3.67. The van der Waals surface area contributed by atoms with Crippen LogP contribution in [0.5, 0.6) is 0 Å². The molecule has 2 rings (SSSR count). The number of halogens is 2. The van der Waals surface area contributed by atoms with E-state index in [1.165, 1.54) is 38.1 Å². The average Bonchev–Trinajstić information content (AvgIpc) is 3.03. The van der Waals surface area contributed by atoms with E-state index < -0.39 is 39.6 Å². The Balaban J connectivity index is 2.31. The van der Waals surface area contributed by atoms with Crippen LogP contribution >= 0.6 is 0 Å². The molecule has 0 spiro atoms. The molecule has 1 aromatic rings. The smallest absolute Gasteiger partial charge is 0.270 e. The molecule has 12 heteroatoms. The third-order valence-electron chi connectivity index (χ3n) is 4.66. The topological polar surface area (TPSA) is 125 Å². The summed E-state index contributed by atoms with van der Waals surface area (Å²) in [5.41, 5.74) is -0.243. The molecule has 34 heavy (non-hydrogen) atoms. The first-order valence-electron chi connectivity index (χ1n) is 9.93. The average molecular weight is 495 g/mol. The molecule has 0 radical (unpaired) electrons. The summed E-state index contributed by atoms with van der Waals surface area (Å²) in [5.74, 6) is -6.93. The van der Waals surface area contributed by atoms with Crippen LogP contribution in [0.2, 0.25) is 0 Å². The van der Waals surface area contributed by atoms with Crippen LogP contribution in [-0.2, 0) is 24.4 Å². The number of hydrazone groups is 1. The van der Waals surface area contributed by atoms with E-state index >= 15 is 0 Å². The number of benzene rings is 1. The van der Waals surface area contributed by atoms with E-state index in [9.17, 15) is 31.6 Å². The molecule has 1 unspecified atom stereocenters. The lowest BCUT2D eigenvalue weighted by atomic mass is 10.0. The van der Waals surface area contributed by atoms with Gasteiger partial charge in [0.05, 0.1) is 16.3 Å². The third-order valence-corrected chi connectivity index (χ3v) is 6.09. The van der Waals surface area contributed by atoms with Gasteiger partial charge in [-0.15, -0.1) is 0 Å². The van der Waals surface area contributed by atoms with Crippen LogP contribution in [0.4, 0.5) is 14.5 Å². The monoisotopic (exact) mass is 494 g/mol. The van der Waals surface area contributed by atoms with Crippen LogP contribution in [0.1, 0.15) is 27.7 Å². The molecule has 3 amide bonds. The van der Waals surface area contributed by atoms with Crippen LogP contribution in [0.25, 0.3) is 0 Å².